The van der Waals surface area contributed by atoms with E-state index in [1.807, 2.05) is 44.2 Å². The summed E-state index contributed by atoms with van der Waals surface area (Å²) < 4.78 is 3.42. The average molecular weight is 714 g/mol. The molecule has 2 aliphatic heterocycles. The highest BCUT2D eigenvalue weighted by Crippen LogP contribution is 2.35. The van der Waals surface area contributed by atoms with Crippen molar-refractivity contribution < 1.29 is 9.59 Å². The molecule has 1 aliphatic carbocycles. The van der Waals surface area contributed by atoms with Gasteiger partial charge in [-0.05, 0) is 79.3 Å². The summed E-state index contributed by atoms with van der Waals surface area (Å²) in [7, 11) is 0. The number of piperidine rings is 1. The second-order valence-electron chi connectivity index (χ2n) is 13.5. The number of hydrogen-bond donors (Lipinski definition) is 2. The predicted molar refractivity (Wildman–Crippen MR) is 210 cm³/mol. The molecule has 8 rings (SSSR count). The summed E-state index contributed by atoms with van der Waals surface area (Å²) in [6, 6.07) is 20.5. The molecule has 274 valence electrons. The highest BCUT2D eigenvalue weighted by molar-refractivity contribution is 6.01. The van der Waals surface area contributed by atoms with Crippen molar-refractivity contribution in [2.45, 2.75) is 71.3 Å². The molecule has 2 aromatic carbocycles. The Balaban J connectivity index is 0.00000214. The number of aryl methyl sites for hydroxylation is 1. The lowest BCUT2D eigenvalue weighted by Gasteiger charge is -2.37. The van der Waals surface area contributed by atoms with Crippen molar-refractivity contribution in [1.29, 1.82) is 0 Å². The largest absolute Gasteiger partial charge is 0.368 e. The lowest BCUT2D eigenvalue weighted by molar-refractivity contribution is -0.134. The number of pyridine rings is 1. The first kappa shape index (κ1) is 35.6. The number of imide groups is 1. The van der Waals surface area contributed by atoms with Crippen LogP contribution in [0.5, 0.6) is 0 Å². The van der Waals surface area contributed by atoms with E-state index in [-0.39, 0.29) is 23.3 Å². The fourth-order valence-corrected chi connectivity index (χ4v) is 7.68. The topological polar surface area (TPSA) is 130 Å². The van der Waals surface area contributed by atoms with Gasteiger partial charge in [-0.2, -0.15) is 4.98 Å². The number of piperazine rings is 1. The quantitative estimate of drug-likeness (QED) is 0.135. The zero-order valence-corrected chi connectivity index (χ0v) is 30.7. The van der Waals surface area contributed by atoms with E-state index < -0.39 is 0 Å². The number of benzene rings is 2. The first-order valence-electron chi connectivity index (χ1n) is 18.8. The van der Waals surface area contributed by atoms with Crippen LogP contribution < -0.4 is 26.0 Å². The van der Waals surface area contributed by atoms with Crippen LogP contribution in [-0.2, 0) is 22.6 Å². The van der Waals surface area contributed by atoms with Crippen molar-refractivity contribution in [3.8, 4) is 5.82 Å². The smallest absolute Gasteiger partial charge is 0.278 e. The van der Waals surface area contributed by atoms with Gasteiger partial charge in [-0.3, -0.25) is 19.7 Å². The Morgan fingerprint density at radius 1 is 0.868 bits per heavy atom. The molecule has 3 aliphatic rings. The maximum Gasteiger partial charge on any atom is 0.278 e. The van der Waals surface area contributed by atoms with E-state index in [2.05, 4.69) is 69.3 Å². The number of nitrogens with one attached hydrogen (secondary N) is 2. The second-order valence-corrected chi connectivity index (χ2v) is 13.5. The minimum absolute atomic E-state index is 0.181. The number of aromatic nitrogens is 5. The third-order valence-electron chi connectivity index (χ3n) is 10.5. The molecule has 2 atom stereocenters. The maximum absolute atomic E-state index is 13.5. The number of carbonyl (C=O) groups excluding carboxylic acids is 2. The van der Waals surface area contributed by atoms with Crippen molar-refractivity contribution in [1.82, 2.24) is 29.6 Å². The van der Waals surface area contributed by atoms with Crippen LogP contribution in [0.4, 0.5) is 23.0 Å². The van der Waals surface area contributed by atoms with Crippen LogP contribution in [0.3, 0.4) is 0 Å². The SMILES string of the molecule is C=CCn1c(=O)c2cnc(Nc3ccc(N4CCN(c5ccc(C6CCC(=O)NC6=O)cc5)CC4)cc3)nc2n1-c1ccc2c(n1)C(CC)CC2.CC. The van der Waals surface area contributed by atoms with Gasteiger partial charge in [0.2, 0.25) is 17.8 Å². The van der Waals surface area contributed by atoms with Crippen molar-refractivity contribution in [2.75, 3.05) is 41.3 Å². The Morgan fingerprint density at radius 3 is 2.19 bits per heavy atom. The van der Waals surface area contributed by atoms with Gasteiger partial charge < -0.3 is 15.1 Å². The van der Waals surface area contributed by atoms with E-state index in [0.29, 0.717) is 48.1 Å². The van der Waals surface area contributed by atoms with Crippen LogP contribution in [-0.4, -0.2) is 62.3 Å². The highest BCUT2D eigenvalue weighted by Gasteiger charge is 2.28. The monoisotopic (exact) mass is 713 g/mol. The number of carbonyl (C=O) groups is 2. The summed E-state index contributed by atoms with van der Waals surface area (Å²) in [6.45, 7) is 13.9. The molecular formula is C41H47N9O3. The molecule has 5 aromatic rings. The molecule has 12 heteroatoms. The number of hydrogen-bond acceptors (Lipinski definition) is 9. The fraction of sp³-hybridized carbons (Fsp3) is 0.366. The third-order valence-corrected chi connectivity index (χ3v) is 10.5. The van der Waals surface area contributed by atoms with E-state index in [1.54, 1.807) is 21.6 Å². The standard InChI is InChI=1S/C39H41N9O3.C2H6/c1-3-19-47-38(51)32-24-40-39(44-36(32)48(47)33-17-9-27-6-5-25(4-2)35(27)42-33)41-28-10-14-30(15-11-28)46-22-20-45(21-23-46)29-12-7-26(8-13-29)31-16-18-34(49)43-37(31)50;1-2/h3,7-15,17,24-25,31H,1,4-6,16,18-23H2,2H3,(H,40,41,44)(H,43,49,50);1-2H3. The average Bonchev–Trinajstić information content (AvgIpc) is 3.73. The third kappa shape index (κ3) is 7.05. The van der Waals surface area contributed by atoms with Crippen molar-refractivity contribution >= 4 is 45.9 Å². The number of rotatable bonds is 9. The predicted octanol–water partition coefficient (Wildman–Crippen LogP) is 6.22. The van der Waals surface area contributed by atoms with Gasteiger partial charge in [0.15, 0.2) is 11.5 Å². The fourth-order valence-electron chi connectivity index (χ4n) is 7.68. The van der Waals surface area contributed by atoms with Gasteiger partial charge >= 0.3 is 0 Å². The van der Waals surface area contributed by atoms with E-state index in [4.69, 9.17) is 9.97 Å². The van der Waals surface area contributed by atoms with Gasteiger partial charge in [0.1, 0.15) is 5.39 Å². The number of amides is 2. The van der Waals surface area contributed by atoms with E-state index >= 15 is 0 Å². The van der Waals surface area contributed by atoms with Gasteiger partial charge in [-0.25, -0.2) is 19.3 Å². The Morgan fingerprint density at radius 2 is 1.55 bits per heavy atom. The molecule has 5 heterocycles. The molecule has 12 nitrogen and oxygen atoms in total. The zero-order valence-electron chi connectivity index (χ0n) is 30.7. The normalized spacial score (nSPS) is 18.3. The molecule has 3 aromatic heterocycles. The lowest BCUT2D eigenvalue weighted by Crippen LogP contribution is -2.46. The van der Waals surface area contributed by atoms with Crippen LogP contribution in [0.25, 0.3) is 16.9 Å². The van der Waals surface area contributed by atoms with Gasteiger partial charge in [0.25, 0.3) is 5.56 Å². The van der Waals surface area contributed by atoms with Crippen LogP contribution in [0, 0.1) is 0 Å². The van der Waals surface area contributed by atoms with Crippen molar-refractivity contribution in [3.63, 3.8) is 0 Å². The van der Waals surface area contributed by atoms with Crippen LogP contribution in [0.2, 0.25) is 0 Å². The number of fused-ring (bicyclic) bond motifs is 2. The lowest BCUT2D eigenvalue weighted by atomic mass is 9.90. The van der Waals surface area contributed by atoms with Gasteiger partial charge in [-0.1, -0.05) is 45.0 Å². The molecule has 0 radical (unpaired) electrons. The number of anilines is 4. The molecule has 0 spiro atoms. The summed E-state index contributed by atoms with van der Waals surface area (Å²) in [5.74, 6) is 0.811. The Kier molecular flexibility index (Phi) is 10.4. The van der Waals surface area contributed by atoms with Crippen molar-refractivity contribution in [2.24, 2.45) is 0 Å². The summed E-state index contributed by atoms with van der Waals surface area (Å²) in [6.07, 6.45) is 7.38. The first-order chi connectivity index (χ1) is 25.9. The molecule has 0 saturated carbocycles. The number of nitrogens with zero attached hydrogens (tertiary/aromatic N) is 7. The van der Waals surface area contributed by atoms with E-state index in [0.717, 1.165) is 73.8 Å². The Labute approximate surface area is 309 Å². The summed E-state index contributed by atoms with van der Waals surface area (Å²) in [4.78, 5) is 56.4. The zero-order chi connectivity index (χ0) is 37.1. The Bertz CT molecular complexity index is 2180. The minimum Gasteiger partial charge on any atom is -0.368 e. The van der Waals surface area contributed by atoms with Crippen LogP contribution >= 0.6 is 0 Å². The van der Waals surface area contributed by atoms with Gasteiger partial charge in [0.05, 0.1) is 12.5 Å². The highest BCUT2D eigenvalue weighted by atomic mass is 16.2. The minimum atomic E-state index is -0.271. The summed E-state index contributed by atoms with van der Waals surface area (Å²) >= 11 is 0. The van der Waals surface area contributed by atoms with Gasteiger partial charge in [-0.15, -0.1) is 6.58 Å². The molecule has 0 bridgehead atoms. The molecule has 2 unspecified atom stereocenters. The molecular weight excluding hydrogens is 667 g/mol. The Hall–Kier alpha value is -5.78. The number of allylic oxidation sites excluding steroid dienone is 1. The second kappa shape index (κ2) is 15.4. The molecule has 2 N–H and O–H groups in total. The van der Waals surface area contributed by atoms with Gasteiger partial charge in [0, 0.05) is 67.5 Å². The summed E-state index contributed by atoms with van der Waals surface area (Å²) in [5.41, 5.74) is 6.76. The van der Waals surface area contributed by atoms with E-state index in [1.165, 1.54) is 5.56 Å². The van der Waals surface area contributed by atoms with Crippen LogP contribution in [0.1, 0.15) is 75.1 Å². The maximum atomic E-state index is 13.5. The first-order valence-corrected chi connectivity index (χ1v) is 18.8. The molecule has 2 saturated heterocycles. The van der Waals surface area contributed by atoms with Crippen LogP contribution in [0.15, 0.2) is 84.3 Å². The van der Waals surface area contributed by atoms with E-state index in [9.17, 15) is 14.4 Å². The molecule has 53 heavy (non-hydrogen) atoms. The molecule has 2 fully saturated rings. The molecule has 2 amide bonds. The van der Waals surface area contributed by atoms with Crippen molar-refractivity contribution in [3.05, 3.63) is 107 Å². The summed E-state index contributed by atoms with van der Waals surface area (Å²) in [5, 5.41) is 6.21.